The van der Waals surface area contributed by atoms with E-state index in [1.165, 1.54) is 12.1 Å². The maximum Gasteiger partial charge on any atom is 0.288 e. The summed E-state index contributed by atoms with van der Waals surface area (Å²) in [6.07, 6.45) is 0. The quantitative estimate of drug-likeness (QED) is 0.571. The molecule has 106 valence electrons. The molecule has 0 unspecified atom stereocenters. The normalized spacial score (nSPS) is 9.30. The van der Waals surface area contributed by atoms with Crippen LogP contribution in [0.5, 0.6) is 0 Å². The van der Waals surface area contributed by atoms with Gasteiger partial charge in [-0.25, -0.2) is 4.98 Å². The Balaban J connectivity index is 2.74. The van der Waals surface area contributed by atoms with E-state index in [9.17, 15) is 9.59 Å². The summed E-state index contributed by atoms with van der Waals surface area (Å²) in [4.78, 5) is 27.5. The monoisotopic (exact) mass is 275 g/mol. The van der Waals surface area contributed by atoms with Crippen LogP contribution in [0.15, 0.2) is 42.8 Å². The van der Waals surface area contributed by atoms with E-state index in [1.54, 1.807) is 19.9 Å². The van der Waals surface area contributed by atoms with E-state index < -0.39 is 11.8 Å². The molecule has 0 saturated heterocycles. The number of pyridine rings is 1. The molecule has 0 aliphatic heterocycles. The van der Waals surface area contributed by atoms with Crippen molar-refractivity contribution in [1.29, 1.82) is 0 Å². The Labute approximate surface area is 117 Å². The maximum atomic E-state index is 11.8. The van der Waals surface area contributed by atoms with Gasteiger partial charge in [0.2, 0.25) is 0 Å². The minimum atomic E-state index is -0.462. The molecule has 0 radical (unpaired) electrons. The van der Waals surface area contributed by atoms with E-state index >= 15 is 0 Å². The smallest absolute Gasteiger partial charge is 0.288 e. The standard InChI is InChI=1S/C13H17N5O2/c1-8(2)15-17-12(19)10-6-5-7-11(14-10)13(20)18-16-9(3)4/h5-7,15-16H,1,3H2,2,4H3,(H,17,19)(H,18,20). The van der Waals surface area contributed by atoms with Crippen molar-refractivity contribution in [3.05, 3.63) is 54.1 Å². The van der Waals surface area contributed by atoms with Crippen molar-refractivity contribution in [2.75, 3.05) is 0 Å². The van der Waals surface area contributed by atoms with Crippen molar-refractivity contribution in [3.63, 3.8) is 0 Å². The van der Waals surface area contributed by atoms with E-state index in [2.05, 4.69) is 39.8 Å². The number of carbonyl (C=O) groups is 2. The number of rotatable bonds is 6. The lowest BCUT2D eigenvalue weighted by atomic mass is 10.3. The molecular formula is C13H17N5O2. The number of nitrogens with zero attached hydrogens (tertiary/aromatic N) is 1. The Morgan fingerprint density at radius 3 is 1.65 bits per heavy atom. The van der Waals surface area contributed by atoms with Gasteiger partial charge in [0.05, 0.1) is 0 Å². The van der Waals surface area contributed by atoms with Gasteiger partial charge >= 0.3 is 0 Å². The second-order valence-corrected chi connectivity index (χ2v) is 4.13. The average Bonchev–Trinajstić information content (AvgIpc) is 2.42. The van der Waals surface area contributed by atoms with Gasteiger partial charge in [-0.1, -0.05) is 19.2 Å². The average molecular weight is 275 g/mol. The summed E-state index contributed by atoms with van der Waals surface area (Å²) >= 11 is 0. The highest BCUT2D eigenvalue weighted by Crippen LogP contribution is 1.99. The Hall–Kier alpha value is -2.83. The van der Waals surface area contributed by atoms with E-state index in [-0.39, 0.29) is 11.4 Å². The van der Waals surface area contributed by atoms with Crippen LogP contribution in [0.3, 0.4) is 0 Å². The molecule has 0 bridgehead atoms. The van der Waals surface area contributed by atoms with Crippen LogP contribution in [0.25, 0.3) is 0 Å². The molecule has 1 heterocycles. The van der Waals surface area contributed by atoms with Crippen molar-refractivity contribution in [3.8, 4) is 0 Å². The third-order valence-corrected chi connectivity index (χ3v) is 1.99. The first-order chi connectivity index (χ1) is 9.40. The van der Waals surface area contributed by atoms with Gasteiger partial charge in [-0.2, -0.15) is 0 Å². The highest BCUT2D eigenvalue weighted by molar-refractivity contribution is 5.96. The number of aromatic nitrogens is 1. The summed E-state index contributed by atoms with van der Waals surface area (Å²) in [5, 5.41) is 0. The fraction of sp³-hybridized carbons (Fsp3) is 0.154. The Morgan fingerprint density at radius 1 is 0.900 bits per heavy atom. The van der Waals surface area contributed by atoms with Crippen LogP contribution >= 0.6 is 0 Å². The van der Waals surface area contributed by atoms with Crippen LogP contribution in [0, 0.1) is 0 Å². The number of carbonyl (C=O) groups excluding carboxylic acids is 2. The fourth-order valence-electron chi connectivity index (χ4n) is 1.14. The van der Waals surface area contributed by atoms with Crippen molar-refractivity contribution in [1.82, 2.24) is 26.7 Å². The molecule has 0 aliphatic rings. The van der Waals surface area contributed by atoms with Gasteiger partial charge in [0.25, 0.3) is 11.8 Å². The highest BCUT2D eigenvalue weighted by Gasteiger charge is 2.11. The predicted molar refractivity (Wildman–Crippen MR) is 75.1 cm³/mol. The van der Waals surface area contributed by atoms with Gasteiger partial charge in [-0.05, 0) is 26.0 Å². The van der Waals surface area contributed by atoms with Crippen LogP contribution in [-0.2, 0) is 0 Å². The highest BCUT2D eigenvalue weighted by atomic mass is 16.2. The van der Waals surface area contributed by atoms with Crippen LogP contribution in [0.4, 0.5) is 0 Å². The minimum Gasteiger partial charge on any atom is -0.303 e. The van der Waals surface area contributed by atoms with Gasteiger partial charge in [-0.3, -0.25) is 20.4 Å². The Bertz CT molecular complexity index is 508. The molecule has 0 aromatic carbocycles. The van der Waals surface area contributed by atoms with Gasteiger partial charge in [0, 0.05) is 11.4 Å². The summed E-state index contributed by atoms with van der Waals surface area (Å²) < 4.78 is 0. The lowest BCUT2D eigenvalue weighted by Crippen LogP contribution is -2.38. The SMILES string of the molecule is C=C(C)NNC(=O)c1cccc(C(=O)NNC(=C)C)n1. The fourth-order valence-corrected chi connectivity index (χ4v) is 1.14. The molecule has 7 heteroatoms. The maximum absolute atomic E-state index is 11.8. The molecule has 1 aromatic heterocycles. The molecule has 0 atom stereocenters. The zero-order chi connectivity index (χ0) is 15.1. The molecule has 20 heavy (non-hydrogen) atoms. The van der Waals surface area contributed by atoms with Crippen molar-refractivity contribution < 1.29 is 9.59 Å². The Kier molecular flexibility index (Phi) is 5.28. The third kappa shape index (κ3) is 4.81. The zero-order valence-corrected chi connectivity index (χ0v) is 11.4. The second kappa shape index (κ2) is 6.93. The molecule has 0 saturated carbocycles. The molecule has 2 amide bonds. The number of nitrogens with one attached hydrogen (secondary N) is 4. The second-order valence-electron chi connectivity index (χ2n) is 4.13. The third-order valence-electron chi connectivity index (χ3n) is 1.99. The predicted octanol–water partition coefficient (Wildman–Crippen LogP) is 0.618. The summed E-state index contributed by atoms with van der Waals surface area (Å²) in [5.41, 5.74) is 11.3. The molecule has 0 fully saturated rings. The molecule has 0 aliphatic carbocycles. The van der Waals surface area contributed by atoms with Gasteiger partial charge in [0.1, 0.15) is 11.4 Å². The summed E-state index contributed by atoms with van der Waals surface area (Å²) in [5.74, 6) is -0.925. The number of hydrogen-bond donors (Lipinski definition) is 4. The molecule has 1 aromatic rings. The van der Waals surface area contributed by atoms with E-state index in [4.69, 9.17) is 0 Å². The topological polar surface area (TPSA) is 95.1 Å². The van der Waals surface area contributed by atoms with Crippen LogP contribution in [0.2, 0.25) is 0 Å². The summed E-state index contributed by atoms with van der Waals surface area (Å²) in [6.45, 7) is 10.6. The lowest BCUT2D eigenvalue weighted by molar-refractivity contribution is 0.0929. The molecular weight excluding hydrogens is 258 g/mol. The molecule has 0 spiro atoms. The largest absolute Gasteiger partial charge is 0.303 e. The minimum absolute atomic E-state index is 0.113. The summed E-state index contributed by atoms with van der Waals surface area (Å²) in [6, 6.07) is 4.56. The van der Waals surface area contributed by atoms with Crippen LogP contribution < -0.4 is 21.7 Å². The number of hydrogen-bond acceptors (Lipinski definition) is 5. The molecule has 7 nitrogen and oxygen atoms in total. The first-order valence-electron chi connectivity index (χ1n) is 5.81. The first-order valence-corrected chi connectivity index (χ1v) is 5.81. The summed E-state index contributed by atoms with van der Waals surface area (Å²) in [7, 11) is 0. The molecule has 4 N–H and O–H groups in total. The Morgan fingerprint density at radius 2 is 1.30 bits per heavy atom. The van der Waals surface area contributed by atoms with Gasteiger partial charge < -0.3 is 10.9 Å². The number of hydrazine groups is 2. The lowest BCUT2D eigenvalue weighted by Gasteiger charge is -2.09. The van der Waals surface area contributed by atoms with Gasteiger partial charge in [0.15, 0.2) is 0 Å². The number of allylic oxidation sites excluding steroid dienone is 2. The van der Waals surface area contributed by atoms with E-state index in [1.807, 2.05) is 0 Å². The van der Waals surface area contributed by atoms with Crippen LogP contribution in [0.1, 0.15) is 34.8 Å². The van der Waals surface area contributed by atoms with E-state index in [0.717, 1.165) is 0 Å². The first kappa shape index (κ1) is 15.2. The number of amides is 2. The van der Waals surface area contributed by atoms with Crippen molar-refractivity contribution in [2.45, 2.75) is 13.8 Å². The van der Waals surface area contributed by atoms with Crippen molar-refractivity contribution >= 4 is 11.8 Å². The van der Waals surface area contributed by atoms with Crippen molar-refractivity contribution in [2.24, 2.45) is 0 Å². The van der Waals surface area contributed by atoms with E-state index in [0.29, 0.717) is 11.4 Å². The zero-order valence-electron chi connectivity index (χ0n) is 11.4. The van der Waals surface area contributed by atoms with Crippen LogP contribution in [-0.4, -0.2) is 16.8 Å². The van der Waals surface area contributed by atoms with Gasteiger partial charge in [-0.15, -0.1) is 0 Å². The molecule has 1 rings (SSSR count).